The number of benzene rings is 2. The fourth-order valence-electron chi connectivity index (χ4n) is 2.98. The summed E-state index contributed by atoms with van der Waals surface area (Å²) < 4.78 is 10.9. The van der Waals surface area contributed by atoms with Crippen molar-refractivity contribution in [2.24, 2.45) is 0 Å². The molecule has 3 rings (SSSR count). The summed E-state index contributed by atoms with van der Waals surface area (Å²) in [7, 11) is 0. The lowest BCUT2D eigenvalue weighted by atomic mass is 9.86. The average Bonchev–Trinajstić information content (AvgIpc) is 2.61. The van der Waals surface area contributed by atoms with E-state index in [2.05, 4.69) is 26.1 Å². The van der Waals surface area contributed by atoms with Crippen molar-refractivity contribution in [3.05, 3.63) is 70.1 Å². The van der Waals surface area contributed by atoms with Crippen molar-refractivity contribution in [1.29, 1.82) is 0 Å². The van der Waals surface area contributed by atoms with E-state index in [1.165, 1.54) is 0 Å². The van der Waals surface area contributed by atoms with Crippen molar-refractivity contribution in [3.8, 4) is 5.75 Å². The number of anilines is 1. The Hall–Kier alpha value is -3.08. The second-order valence-corrected chi connectivity index (χ2v) is 7.30. The monoisotopic (exact) mass is 365 g/mol. The van der Waals surface area contributed by atoms with Gasteiger partial charge in [-0.2, -0.15) is 0 Å². The minimum Gasteiger partial charge on any atom is -0.490 e. The third kappa shape index (κ3) is 3.87. The number of hydrogen-bond donors (Lipinski definition) is 1. The predicted octanol–water partition coefficient (Wildman–Crippen LogP) is 4.74. The number of carbonyl (C=O) groups excluding carboxylic acids is 1. The van der Waals surface area contributed by atoms with E-state index in [-0.39, 0.29) is 11.0 Å². The standard InChI is InChI=1S/C22H23NO4/c1-5-26-18-12-8-9-14-13-15(21(25)27-19(14)18)20(24)23-17-11-7-6-10-16(17)22(2,3)4/h6-13H,5H2,1-4H3,(H,23,24). The molecule has 3 aromatic rings. The van der Waals surface area contributed by atoms with Gasteiger partial charge in [-0.25, -0.2) is 4.79 Å². The second kappa shape index (κ2) is 7.27. The Kier molecular flexibility index (Phi) is 5.04. The SMILES string of the molecule is CCOc1cccc2cc(C(=O)Nc3ccccc3C(C)(C)C)c(=O)oc12. The van der Waals surface area contributed by atoms with E-state index >= 15 is 0 Å². The Morgan fingerprint density at radius 3 is 2.56 bits per heavy atom. The molecule has 0 aliphatic carbocycles. The van der Waals surface area contributed by atoms with Gasteiger partial charge in [0.25, 0.3) is 5.91 Å². The summed E-state index contributed by atoms with van der Waals surface area (Å²) in [4.78, 5) is 25.2. The van der Waals surface area contributed by atoms with Gasteiger partial charge in [-0.1, -0.05) is 51.1 Å². The number of amides is 1. The highest BCUT2D eigenvalue weighted by Gasteiger charge is 2.21. The summed E-state index contributed by atoms with van der Waals surface area (Å²) in [6, 6.07) is 14.4. The van der Waals surface area contributed by atoms with E-state index < -0.39 is 11.5 Å². The molecule has 140 valence electrons. The van der Waals surface area contributed by atoms with Gasteiger partial charge in [-0.05, 0) is 36.1 Å². The van der Waals surface area contributed by atoms with E-state index in [9.17, 15) is 9.59 Å². The van der Waals surface area contributed by atoms with Crippen molar-refractivity contribution < 1.29 is 13.9 Å². The van der Waals surface area contributed by atoms with Crippen molar-refractivity contribution in [2.45, 2.75) is 33.1 Å². The first-order valence-corrected chi connectivity index (χ1v) is 8.92. The fourth-order valence-corrected chi connectivity index (χ4v) is 2.98. The maximum atomic E-state index is 12.8. The number of para-hydroxylation sites is 2. The lowest BCUT2D eigenvalue weighted by molar-refractivity contribution is 0.102. The lowest BCUT2D eigenvalue weighted by Gasteiger charge is -2.22. The summed E-state index contributed by atoms with van der Waals surface area (Å²) in [6.45, 7) is 8.51. The molecule has 0 saturated carbocycles. The van der Waals surface area contributed by atoms with Gasteiger partial charge < -0.3 is 14.5 Å². The molecule has 1 aromatic heterocycles. The molecule has 0 unspecified atom stereocenters. The van der Waals surface area contributed by atoms with Crippen LogP contribution >= 0.6 is 0 Å². The van der Waals surface area contributed by atoms with Gasteiger partial charge in [0.1, 0.15) is 5.56 Å². The number of fused-ring (bicyclic) bond motifs is 1. The Labute approximate surface area is 158 Å². The normalized spacial score (nSPS) is 11.4. The molecule has 27 heavy (non-hydrogen) atoms. The van der Waals surface area contributed by atoms with Crippen LogP contribution in [-0.4, -0.2) is 12.5 Å². The van der Waals surface area contributed by atoms with Crippen molar-refractivity contribution in [3.63, 3.8) is 0 Å². The first-order chi connectivity index (χ1) is 12.8. The summed E-state index contributed by atoms with van der Waals surface area (Å²) in [5.41, 5.74) is 1.13. The number of carbonyl (C=O) groups is 1. The number of rotatable bonds is 4. The lowest BCUT2D eigenvalue weighted by Crippen LogP contribution is -2.23. The number of hydrogen-bond acceptors (Lipinski definition) is 4. The Bertz CT molecular complexity index is 1040. The molecule has 0 atom stereocenters. The van der Waals surface area contributed by atoms with Crippen LogP contribution in [0.15, 0.2) is 57.7 Å². The predicted molar refractivity (Wildman–Crippen MR) is 107 cm³/mol. The van der Waals surface area contributed by atoms with Gasteiger partial charge in [0, 0.05) is 11.1 Å². The van der Waals surface area contributed by atoms with Gasteiger partial charge >= 0.3 is 5.63 Å². The van der Waals surface area contributed by atoms with Gasteiger partial charge in [0.15, 0.2) is 11.3 Å². The Morgan fingerprint density at radius 2 is 1.85 bits per heavy atom. The van der Waals surface area contributed by atoms with E-state index in [1.54, 1.807) is 24.3 Å². The zero-order valence-electron chi connectivity index (χ0n) is 16.0. The minimum atomic E-state index is -0.694. The summed E-state index contributed by atoms with van der Waals surface area (Å²) >= 11 is 0. The number of ether oxygens (including phenoxy) is 1. The smallest absolute Gasteiger partial charge is 0.349 e. The quantitative estimate of drug-likeness (QED) is 0.678. The summed E-state index contributed by atoms with van der Waals surface area (Å²) in [5, 5.41) is 3.48. The van der Waals surface area contributed by atoms with Crippen LogP contribution in [0.1, 0.15) is 43.6 Å². The Morgan fingerprint density at radius 1 is 1.11 bits per heavy atom. The highest BCUT2D eigenvalue weighted by Crippen LogP contribution is 2.30. The first kappa shape index (κ1) is 18.7. The topological polar surface area (TPSA) is 68.5 Å². The molecule has 5 nitrogen and oxygen atoms in total. The van der Waals surface area contributed by atoms with Gasteiger partial charge in [-0.3, -0.25) is 4.79 Å². The van der Waals surface area contributed by atoms with Crippen LogP contribution in [0, 0.1) is 0 Å². The number of nitrogens with one attached hydrogen (secondary N) is 1. The molecular weight excluding hydrogens is 342 g/mol. The van der Waals surface area contributed by atoms with Crippen LogP contribution in [0.3, 0.4) is 0 Å². The molecule has 0 saturated heterocycles. The second-order valence-electron chi connectivity index (χ2n) is 7.30. The zero-order chi connectivity index (χ0) is 19.6. The molecule has 0 spiro atoms. The van der Waals surface area contributed by atoms with Crippen LogP contribution in [-0.2, 0) is 5.41 Å². The van der Waals surface area contributed by atoms with Gasteiger partial charge in [0.2, 0.25) is 0 Å². The van der Waals surface area contributed by atoms with E-state index in [0.29, 0.717) is 29.0 Å². The molecule has 0 fully saturated rings. The molecule has 1 amide bonds. The van der Waals surface area contributed by atoms with Crippen LogP contribution in [0.2, 0.25) is 0 Å². The third-order valence-electron chi connectivity index (χ3n) is 4.25. The van der Waals surface area contributed by atoms with E-state index in [4.69, 9.17) is 9.15 Å². The maximum absolute atomic E-state index is 12.8. The van der Waals surface area contributed by atoms with Gasteiger partial charge in [-0.15, -0.1) is 0 Å². The van der Waals surface area contributed by atoms with Crippen LogP contribution < -0.4 is 15.7 Å². The maximum Gasteiger partial charge on any atom is 0.349 e. The highest BCUT2D eigenvalue weighted by molar-refractivity contribution is 6.06. The third-order valence-corrected chi connectivity index (χ3v) is 4.25. The van der Waals surface area contributed by atoms with E-state index in [1.807, 2.05) is 31.2 Å². The molecule has 2 aromatic carbocycles. The van der Waals surface area contributed by atoms with E-state index in [0.717, 1.165) is 5.56 Å². The van der Waals surface area contributed by atoms with Crippen molar-refractivity contribution in [2.75, 3.05) is 11.9 Å². The van der Waals surface area contributed by atoms with Crippen molar-refractivity contribution in [1.82, 2.24) is 0 Å². The highest BCUT2D eigenvalue weighted by atomic mass is 16.5. The largest absolute Gasteiger partial charge is 0.490 e. The van der Waals surface area contributed by atoms with Crippen LogP contribution in [0.4, 0.5) is 5.69 Å². The molecule has 0 aliphatic rings. The summed E-state index contributed by atoms with van der Waals surface area (Å²) in [6.07, 6.45) is 0. The van der Waals surface area contributed by atoms with Crippen molar-refractivity contribution >= 4 is 22.6 Å². The van der Waals surface area contributed by atoms with Crippen LogP contribution in [0.25, 0.3) is 11.0 Å². The fraction of sp³-hybridized carbons (Fsp3) is 0.273. The van der Waals surface area contributed by atoms with Gasteiger partial charge in [0.05, 0.1) is 6.61 Å². The van der Waals surface area contributed by atoms with Crippen LogP contribution in [0.5, 0.6) is 5.75 Å². The Balaban J connectivity index is 2.00. The molecule has 0 aliphatic heterocycles. The average molecular weight is 365 g/mol. The molecule has 0 bridgehead atoms. The first-order valence-electron chi connectivity index (χ1n) is 8.92. The summed E-state index contributed by atoms with van der Waals surface area (Å²) in [5.74, 6) is -0.0127. The molecule has 1 N–H and O–H groups in total. The molecular formula is C22H23NO4. The molecule has 1 heterocycles. The zero-order valence-corrected chi connectivity index (χ0v) is 16.0. The molecule has 5 heteroatoms. The molecule has 0 radical (unpaired) electrons. The minimum absolute atomic E-state index is 0.0418.